The van der Waals surface area contributed by atoms with Crippen LogP contribution in [0, 0.1) is 16.5 Å². The summed E-state index contributed by atoms with van der Waals surface area (Å²) in [6.45, 7) is 4.56. The summed E-state index contributed by atoms with van der Waals surface area (Å²) in [5, 5.41) is 35.2. The molecule has 6 aromatic rings. The van der Waals surface area contributed by atoms with Crippen molar-refractivity contribution in [1.82, 2.24) is 19.6 Å². The molecule has 0 saturated carbocycles. The van der Waals surface area contributed by atoms with Crippen molar-refractivity contribution in [2.75, 3.05) is 17.7 Å². The highest BCUT2D eigenvalue weighted by Gasteiger charge is 2.13. The van der Waals surface area contributed by atoms with Gasteiger partial charge in [-0.15, -0.1) is 0 Å². The second-order valence-corrected chi connectivity index (χ2v) is 11.0. The zero-order valence-electron chi connectivity index (χ0n) is 28.1. The third-order valence-electron chi connectivity index (χ3n) is 7.57. The third-order valence-corrected chi connectivity index (χ3v) is 7.57. The molecule has 13 heteroatoms. The molecule has 3 aromatic heterocycles. The van der Waals surface area contributed by atoms with Gasteiger partial charge >= 0.3 is 5.97 Å². The summed E-state index contributed by atoms with van der Waals surface area (Å²) >= 11 is 0. The van der Waals surface area contributed by atoms with Crippen LogP contribution in [0.1, 0.15) is 29.8 Å². The summed E-state index contributed by atoms with van der Waals surface area (Å²) in [6, 6.07) is 32.0. The van der Waals surface area contributed by atoms with Gasteiger partial charge in [-0.3, -0.25) is 9.59 Å². The molecule has 0 aliphatic carbocycles. The lowest BCUT2D eigenvalue weighted by molar-refractivity contribution is -0.604. The van der Waals surface area contributed by atoms with Crippen LogP contribution in [0.2, 0.25) is 0 Å². The number of carbonyl (C=O) groups excluding carboxylic acids is 1. The molecule has 0 saturated heterocycles. The van der Waals surface area contributed by atoms with Gasteiger partial charge in [0.05, 0.1) is 41.3 Å². The Bertz CT molecular complexity index is 2300. The smallest absolute Gasteiger partial charge is 0.337 e. The molecule has 0 unspecified atom stereocenters. The minimum Gasteiger partial charge on any atom is -0.619 e. The quantitative estimate of drug-likeness (QED) is 0.111. The Hall–Kier alpha value is -7.07. The highest BCUT2D eigenvalue weighted by Crippen LogP contribution is 2.22. The number of rotatable bonds is 9. The van der Waals surface area contributed by atoms with Crippen LogP contribution in [-0.4, -0.2) is 32.6 Å². The van der Waals surface area contributed by atoms with E-state index >= 15 is 0 Å². The summed E-state index contributed by atoms with van der Waals surface area (Å²) in [5.41, 5.74) is 5.44. The highest BCUT2D eigenvalue weighted by molar-refractivity contribution is 5.89. The van der Waals surface area contributed by atoms with Crippen molar-refractivity contribution in [2.24, 2.45) is 0 Å². The van der Waals surface area contributed by atoms with Gasteiger partial charge in [0, 0.05) is 36.1 Å². The van der Waals surface area contributed by atoms with Crippen LogP contribution in [-0.2, 0) is 17.8 Å². The van der Waals surface area contributed by atoms with E-state index < -0.39 is 5.97 Å². The fraction of sp³-hybridized carbons (Fsp3) is 0.132. The van der Waals surface area contributed by atoms with E-state index in [4.69, 9.17) is 5.26 Å². The third kappa shape index (κ3) is 8.70. The first-order valence-electron chi connectivity index (χ1n) is 15.9. The first kappa shape index (κ1) is 35.2. The van der Waals surface area contributed by atoms with Gasteiger partial charge in [-0.25, -0.2) is 14.2 Å². The normalized spacial score (nSPS) is 10.3. The predicted molar refractivity (Wildman–Crippen MR) is 194 cm³/mol. The average Bonchev–Trinajstić information content (AvgIpc) is 3.17. The molecule has 3 aromatic carbocycles. The van der Waals surface area contributed by atoms with Gasteiger partial charge in [0.2, 0.25) is 0 Å². The average molecular weight is 683 g/mol. The molecule has 0 amide bonds. The summed E-state index contributed by atoms with van der Waals surface area (Å²) in [5.74, 6) is -0.403. The lowest BCUT2D eigenvalue weighted by Gasteiger charge is -2.11. The predicted octanol–water partition coefficient (Wildman–Crippen LogP) is 5.64. The number of benzene rings is 3. The van der Waals surface area contributed by atoms with Gasteiger partial charge in [0.25, 0.3) is 11.1 Å². The number of hydrogen-bond donors (Lipinski definition) is 2. The number of esters is 1. The Morgan fingerprint density at radius 3 is 1.78 bits per heavy atom. The van der Waals surface area contributed by atoms with Crippen LogP contribution in [0.15, 0.2) is 125 Å². The number of nitriles is 1. The molecule has 2 N–H and O–H groups in total. The zero-order valence-corrected chi connectivity index (χ0v) is 28.1. The van der Waals surface area contributed by atoms with Crippen LogP contribution in [0.3, 0.4) is 0 Å². The molecule has 6 rings (SSSR count). The number of carbonyl (C=O) groups is 1. The van der Waals surface area contributed by atoms with Gasteiger partial charge in [0.1, 0.15) is 11.4 Å². The van der Waals surface area contributed by atoms with E-state index in [1.165, 1.54) is 28.9 Å². The standard InChI is InChI=1S/C20H19N3O3.C18H15N5O2/c1-3-23-19(24)18(13-17(22-23)14-7-5-4-6-8-14)21-16-11-9-15(10-12-16)20(25)26-2;1-2-23-18(24)17(20-15-7-5-13(11-19)6-8-15)10-16(21-23)14-4-3-9-22(25)12-14/h4-13,21H,3H2,1-2H3;3-10,12,20H,2H2,1H3. The van der Waals surface area contributed by atoms with Crippen molar-refractivity contribution >= 4 is 28.7 Å². The first-order chi connectivity index (χ1) is 24.7. The lowest BCUT2D eigenvalue weighted by atomic mass is 10.1. The summed E-state index contributed by atoms with van der Waals surface area (Å²) in [4.78, 5) is 36.6. The number of methoxy groups -OCH3 is 1. The lowest BCUT2D eigenvalue weighted by Crippen LogP contribution is -2.26. The molecule has 13 nitrogen and oxygen atoms in total. The molecule has 3 heterocycles. The Morgan fingerprint density at radius 1 is 0.784 bits per heavy atom. The maximum atomic E-state index is 12.6. The summed E-state index contributed by atoms with van der Waals surface area (Å²) in [7, 11) is 1.34. The maximum absolute atomic E-state index is 12.6. The monoisotopic (exact) mass is 682 g/mol. The minimum atomic E-state index is -0.403. The van der Waals surface area contributed by atoms with E-state index in [0.717, 1.165) is 5.56 Å². The number of aromatic nitrogens is 5. The number of ether oxygens (including phenoxy) is 1. The van der Waals surface area contributed by atoms with Gasteiger partial charge < -0.3 is 20.6 Å². The van der Waals surface area contributed by atoms with Crippen molar-refractivity contribution in [3.63, 3.8) is 0 Å². The molecular formula is C38H34N8O5. The van der Waals surface area contributed by atoms with Gasteiger partial charge in [-0.05, 0) is 80.6 Å². The van der Waals surface area contributed by atoms with Gasteiger partial charge in [0.15, 0.2) is 12.4 Å². The SMILES string of the molecule is CCn1nc(-c2ccc[n+]([O-])c2)cc(Nc2ccc(C#N)cc2)c1=O.CCn1nc(-c2ccccc2)cc(Nc2ccc(C(=O)OC)cc2)c1=O. The van der Waals surface area contributed by atoms with E-state index in [1.807, 2.05) is 50.2 Å². The van der Waals surface area contributed by atoms with Gasteiger partial charge in [-0.2, -0.15) is 20.2 Å². The van der Waals surface area contributed by atoms with Crippen LogP contribution in [0.4, 0.5) is 22.7 Å². The number of aryl methyl sites for hydroxylation is 2. The van der Waals surface area contributed by atoms with Crippen LogP contribution >= 0.6 is 0 Å². The van der Waals surface area contributed by atoms with Crippen molar-refractivity contribution in [3.05, 3.63) is 153 Å². The fourth-order valence-electron chi connectivity index (χ4n) is 4.94. The molecule has 0 aliphatic rings. The molecule has 51 heavy (non-hydrogen) atoms. The van der Waals surface area contributed by atoms with Crippen molar-refractivity contribution in [3.8, 4) is 28.6 Å². The Balaban J connectivity index is 0.000000198. The van der Waals surface area contributed by atoms with E-state index in [-0.39, 0.29) is 11.1 Å². The number of pyridine rings is 1. The van der Waals surface area contributed by atoms with Crippen molar-refractivity contribution < 1.29 is 14.3 Å². The largest absolute Gasteiger partial charge is 0.619 e. The highest BCUT2D eigenvalue weighted by atomic mass is 16.5. The van der Waals surface area contributed by atoms with Crippen molar-refractivity contribution in [1.29, 1.82) is 5.26 Å². The first-order valence-corrected chi connectivity index (χ1v) is 15.9. The van der Waals surface area contributed by atoms with E-state index in [2.05, 4.69) is 25.6 Å². The zero-order chi connectivity index (χ0) is 36.3. The Labute approximate surface area is 293 Å². The second-order valence-electron chi connectivity index (χ2n) is 11.0. The van der Waals surface area contributed by atoms with E-state index in [0.29, 0.717) is 68.6 Å². The molecule has 0 aliphatic heterocycles. The van der Waals surface area contributed by atoms with Gasteiger partial charge in [-0.1, -0.05) is 30.3 Å². The molecule has 256 valence electrons. The molecule has 0 radical (unpaired) electrons. The maximum Gasteiger partial charge on any atom is 0.337 e. The summed E-state index contributed by atoms with van der Waals surface area (Å²) in [6.07, 6.45) is 2.79. The molecule has 0 bridgehead atoms. The number of nitrogens with zero attached hydrogens (tertiary/aromatic N) is 6. The number of nitrogens with one attached hydrogen (secondary N) is 2. The molecule has 0 spiro atoms. The Kier molecular flexibility index (Phi) is 11.3. The summed E-state index contributed by atoms with van der Waals surface area (Å²) < 4.78 is 8.14. The molecule has 0 fully saturated rings. The van der Waals surface area contributed by atoms with Crippen LogP contribution in [0.25, 0.3) is 22.5 Å². The number of anilines is 4. The van der Waals surface area contributed by atoms with E-state index in [1.54, 1.807) is 72.8 Å². The number of hydrogen-bond acceptors (Lipinski definition) is 10. The van der Waals surface area contributed by atoms with Crippen molar-refractivity contribution in [2.45, 2.75) is 26.9 Å². The van der Waals surface area contributed by atoms with E-state index in [9.17, 15) is 19.6 Å². The second kappa shape index (κ2) is 16.4. The van der Waals surface area contributed by atoms with Crippen LogP contribution in [0.5, 0.6) is 0 Å². The minimum absolute atomic E-state index is 0.204. The fourth-order valence-corrected chi connectivity index (χ4v) is 4.94. The van der Waals surface area contributed by atoms with Crippen LogP contribution < -0.4 is 26.5 Å². The molecular weight excluding hydrogens is 648 g/mol. The topological polar surface area (TPSA) is 171 Å². The molecule has 0 atom stereocenters. The Morgan fingerprint density at radius 2 is 1.29 bits per heavy atom.